The molecule has 2 unspecified atom stereocenters. The third kappa shape index (κ3) is 6.72. The first-order chi connectivity index (χ1) is 11.8. The standard InChI is InChI=1S/C18H28N2O5.ClH/c1-6-7-14(18(22)23)19-10-17(21)20-12(3)13-9-16(25-5)15(24-4)8-11(13)2;/h8-9,12,14,19H,6-7,10H2,1-5H3,(H,20,21)(H,22,23);1H. The average Bonchev–Trinajstić information content (AvgIpc) is 2.57. The topological polar surface area (TPSA) is 96.9 Å². The first kappa shape index (κ1) is 24.0. The molecule has 26 heavy (non-hydrogen) atoms. The minimum atomic E-state index is -0.946. The Balaban J connectivity index is 0.00000625. The fraction of sp³-hybridized carbons (Fsp3) is 0.556. The van der Waals surface area contributed by atoms with Gasteiger partial charge in [-0.2, -0.15) is 0 Å². The molecule has 0 saturated carbocycles. The Morgan fingerprint density at radius 3 is 2.27 bits per heavy atom. The zero-order valence-corrected chi connectivity index (χ0v) is 16.7. The number of aliphatic carboxylic acids is 1. The predicted octanol–water partition coefficient (Wildman–Crippen LogP) is 2.45. The minimum Gasteiger partial charge on any atom is -0.493 e. The van der Waals surface area contributed by atoms with Crippen molar-refractivity contribution in [2.45, 2.75) is 45.7 Å². The third-order valence-corrected chi connectivity index (χ3v) is 4.00. The highest BCUT2D eigenvalue weighted by atomic mass is 35.5. The molecule has 2 atom stereocenters. The molecule has 1 rings (SSSR count). The molecule has 3 N–H and O–H groups in total. The molecule has 0 aliphatic heterocycles. The van der Waals surface area contributed by atoms with Crippen LogP contribution in [0.3, 0.4) is 0 Å². The molecule has 8 heteroatoms. The van der Waals surface area contributed by atoms with Gasteiger partial charge in [-0.1, -0.05) is 13.3 Å². The van der Waals surface area contributed by atoms with Crippen molar-refractivity contribution >= 4 is 24.3 Å². The molecule has 0 aliphatic carbocycles. The van der Waals surface area contributed by atoms with Gasteiger partial charge in [-0.25, -0.2) is 0 Å². The highest BCUT2D eigenvalue weighted by Crippen LogP contribution is 2.32. The Hall–Kier alpha value is -1.99. The van der Waals surface area contributed by atoms with Crippen LogP contribution in [-0.4, -0.2) is 43.8 Å². The molecular weight excluding hydrogens is 360 g/mol. The fourth-order valence-corrected chi connectivity index (χ4v) is 2.65. The second-order valence-electron chi connectivity index (χ2n) is 5.91. The van der Waals surface area contributed by atoms with E-state index in [0.29, 0.717) is 17.9 Å². The summed E-state index contributed by atoms with van der Waals surface area (Å²) in [7, 11) is 3.13. The smallest absolute Gasteiger partial charge is 0.320 e. The number of halogens is 1. The van der Waals surface area contributed by atoms with E-state index in [1.54, 1.807) is 14.2 Å². The van der Waals surface area contributed by atoms with Crippen LogP contribution in [0, 0.1) is 6.92 Å². The number of amides is 1. The van der Waals surface area contributed by atoms with Crippen molar-refractivity contribution in [3.05, 3.63) is 23.3 Å². The highest BCUT2D eigenvalue weighted by Gasteiger charge is 2.19. The van der Waals surface area contributed by atoms with Gasteiger partial charge in [-0.05, 0) is 43.5 Å². The van der Waals surface area contributed by atoms with Crippen molar-refractivity contribution in [2.75, 3.05) is 20.8 Å². The van der Waals surface area contributed by atoms with Gasteiger partial charge in [0.25, 0.3) is 0 Å². The number of rotatable bonds is 10. The third-order valence-electron chi connectivity index (χ3n) is 4.00. The maximum Gasteiger partial charge on any atom is 0.320 e. The van der Waals surface area contributed by atoms with Crippen molar-refractivity contribution in [3.8, 4) is 11.5 Å². The summed E-state index contributed by atoms with van der Waals surface area (Å²) < 4.78 is 10.6. The largest absolute Gasteiger partial charge is 0.493 e. The molecule has 1 aromatic carbocycles. The van der Waals surface area contributed by atoms with Crippen LogP contribution in [0.2, 0.25) is 0 Å². The van der Waals surface area contributed by atoms with Crippen molar-refractivity contribution in [2.24, 2.45) is 0 Å². The molecule has 0 bridgehead atoms. The molecule has 0 aliphatic rings. The lowest BCUT2D eigenvalue weighted by Crippen LogP contribution is -2.43. The van der Waals surface area contributed by atoms with E-state index in [1.165, 1.54) is 0 Å². The lowest BCUT2D eigenvalue weighted by molar-refractivity contribution is -0.139. The van der Waals surface area contributed by atoms with Gasteiger partial charge in [0.1, 0.15) is 6.04 Å². The first-order valence-corrected chi connectivity index (χ1v) is 8.32. The number of hydrogen-bond acceptors (Lipinski definition) is 5. The molecule has 0 radical (unpaired) electrons. The molecule has 0 saturated heterocycles. The van der Waals surface area contributed by atoms with Crippen LogP contribution < -0.4 is 20.1 Å². The van der Waals surface area contributed by atoms with Crippen molar-refractivity contribution in [3.63, 3.8) is 0 Å². The van der Waals surface area contributed by atoms with Crippen LogP contribution in [0.1, 0.15) is 43.9 Å². The maximum atomic E-state index is 12.1. The quantitative estimate of drug-likeness (QED) is 0.569. The second-order valence-corrected chi connectivity index (χ2v) is 5.91. The Morgan fingerprint density at radius 1 is 1.19 bits per heavy atom. The highest BCUT2D eigenvalue weighted by molar-refractivity contribution is 5.85. The summed E-state index contributed by atoms with van der Waals surface area (Å²) in [5.74, 6) is 0.0199. The van der Waals surface area contributed by atoms with E-state index in [-0.39, 0.29) is 30.9 Å². The van der Waals surface area contributed by atoms with Crippen LogP contribution in [0.5, 0.6) is 11.5 Å². The van der Waals surface area contributed by atoms with Gasteiger partial charge in [0.05, 0.1) is 26.8 Å². The van der Waals surface area contributed by atoms with Crippen LogP contribution in [0.25, 0.3) is 0 Å². The second kappa shape index (κ2) is 11.6. The molecule has 0 aromatic heterocycles. The molecular formula is C18H29ClN2O5. The van der Waals surface area contributed by atoms with Gasteiger partial charge in [0, 0.05) is 0 Å². The maximum absolute atomic E-state index is 12.1. The molecule has 0 spiro atoms. The van der Waals surface area contributed by atoms with E-state index >= 15 is 0 Å². The van der Waals surface area contributed by atoms with Crippen molar-refractivity contribution in [1.29, 1.82) is 0 Å². The van der Waals surface area contributed by atoms with E-state index in [9.17, 15) is 9.59 Å². The fourth-order valence-electron chi connectivity index (χ4n) is 2.65. The number of methoxy groups -OCH3 is 2. The minimum absolute atomic E-state index is 0. The number of aryl methyl sites for hydroxylation is 1. The zero-order chi connectivity index (χ0) is 19.0. The van der Waals surface area contributed by atoms with Crippen LogP contribution in [0.15, 0.2) is 12.1 Å². The number of nitrogens with one attached hydrogen (secondary N) is 2. The lowest BCUT2D eigenvalue weighted by atomic mass is 10.0. The summed E-state index contributed by atoms with van der Waals surface area (Å²) >= 11 is 0. The molecule has 0 fully saturated rings. The first-order valence-electron chi connectivity index (χ1n) is 8.32. The van der Waals surface area contributed by atoms with Gasteiger partial charge in [-0.3, -0.25) is 14.9 Å². The molecule has 0 heterocycles. The number of carbonyl (C=O) groups excluding carboxylic acids is 1. The van der Waals surface area contributed by atoms with E-state index < -0.39 is 12.0 Å². The van der Waals surface area contributed by atoms with Crippen molar-refractivity contribution < 1.29 is 24.2 Å². The van der Waals surface area contributed by atoms with Gasteiger partial charge in [-0.15, -0.1) is 12.4 Å². The summed E-state index contributed by atoms with van der Waals surface area (Å²) in [4.78, 5) is 23.2. The number of carboxylic acid groups (broad SMARTS) is 1. The van der Waals surface area contributed by atoms with E-state index in [2.05, 4.69) is 10.6 Å². The number of hydrogen-bond donors (Lipinski definition) is 3. The Morgan fingerprint density at radius 2 is 1.77 bits per heavy atom. The number of carboxylic acids is 1. The summed E-state index contributed by atoms with van der Waals surface area (Å²) in [5.41, 5.74) is 1.88. The summed E-state index contributed by atoms with van der Waals surface area (Å²) in [6, 6.07) is 2.73. The van der Waals surface area contributed by atoms with Crippen LogP contribution >= 0.6 is 12.4 Å². The van der Waals surface area contributed by atoms with Gasteiger partial charge in [0.15, 0.2) is 11.5 Å². The van der Waals surface area contributed by atoms with Crippen LogP contribution in [-0.2, 0) is 9.59 Å². The van der Waals surface area contributed by atoms with Crippen molar-refractivity contribution in [1.82, 2.24) is 10.6 Å². The number of carbonyl (C=O) groups is 2. The molecule has 1 aromatic rings. The van der Waals surface area contributed by atoms with Crippen LogP contribution in [0.4, 0.5) is 0 Å². The molecule has 1 amide bonds. The number of ether oxygens (including phenoxy) is 2. The SMILES string of the molecule is CCCC(NCC(=O)NC(C)c1cc(OC)c(OC)cc1C)C(=O)O.Cl. The van der Waals surface area contributed by atoms with E-state index in [4.69, 9.17) is 14.6 Å². The van der Waals surface area contributed by atoms with Gasteiger partial charge < -0.3 is 19.9 Å². The van der Waals surface area contributed by atoms with E-state index in [0.717, 1.165) is 17.5 Å². The predicted molar refractivity (Wildman–Crippen MR) is 102 cm³/mol. The monoisotopic (exact) mass is 388 g/mol. The average molecular weight is 389 g/mol. The summed E-state index contributed by atoms with van der Waals surface area (Å²) in [6.07, 6.45) is 1.21. The summed E-state index contributed by atoms with van der Waals surface area (Å²) in [5, 5.41) is 14.7. The lowest BCUT2D eigenvalue weighted by Gasteiger charge is -2.20. The van der Waals surface area contributed by atoms with E-state index in [1.807, 2.05) is 32.9 Å². The molecule has 148 valence electrons. The van der Waals surface area contributed by atoms with Gasteiger partial charge in [0.2, 0.25) is 5.91 Å². The number of benzene rings is 1. The zero-order valence-electron chi connectivity index (χ0n) is 15.9. The Bertz CT molecular complexity index is 609. The molecule has 7 nitrogen and oxygen atoms in total. The Labute approximate surface area is 160 Å². The normalized spacial score (nSPS) is 12.5. The van der Waals surface area contributed by atoms with Gasteiger partial charge >= 0.3 is 5.97 Å². The summed E-state index contributed by atoms with van der Waals surface area (Å²) in [6.45, 7) is 5.65. The Kier molecular flexibility index (Phi) is 10.7.